The number of ketones is 1. The summed E-state index contributed by atoms with van der Waals surface area (Å²) in [5.74, 6) is 0.0245. The van der Waals surface area contributed by atoms with Crippen LogP contribution in [0.5, 0.6) is 0 Å². The van der Waals surface area contributed by atoms with E-state index in [1.165, 1.54) is 15.9 Å². The fraction of sp³-hybridized carbons (Fsp3) is 0.333. The molecule has 0 bridgehead atoms. The number of hydrogen-bond acceptors (Lipinski definition) is 4. The third-order valence-electron chi connectivity index (χ3n) is 2.90. The molecule has 0 amide bonds. The van der Waals surface area contributed by atoms with Crippen molar-refractivity contribution in [2.24, 2.45) is 12.5 Å². The average Bonchev–Trinajstić information content (AvgIpc) is 2.94. The molecule has 2 aromatic heterocycles. The Balaban J connectivity index is 2.57. The molecule has 20 heavy (non-hydrogen) atoms. The molecule has 106 valence electrons. The second kappa shape index (κ2) is 5.50. The first kappa shape index (κ1) is 14.9. The topological polar surface area (TPSA) is 39.1 Å². The predicted octanol–water partition coefficient (Wildman–Crippen LogP) is 1.73. The first-order valence-electron chi connectivity index (χ1n) is 6.25. The van der Waals surface area contributed by atoms with E-state index >= 15 is 0 Å². The van der Waals surface area contributed by atoms with E-state index in [0.717, 1.165) is 5.56 Å². The van der Waals surface area contributed by atoms with Crippen LogP contribution in [-0.4, -0.2) is 10.4 Å². The van der Waals surface area contributed by atoms with Crippen molar-refractivity contribution in [1.82, 2.24) is 4.57 Å². The fourth-order valence-electron chi connectivity index (χ4n) is 1.54. The van der Waals surface area contributed by atoms with Crippen molar-refractivity contribution in [3.63, 3.8) is 0 Å². The molecule has 0 aromatic carbocycles. The van der Waals surface area contributed by atoms with Gasteiger partial charge in [-0.1, -0.05) is 20.8 Å². The average molecular weight is 307 g/mol. The lowest BCUT2D eigenvalue weighted by molar-refractivity contribution is -0.120. The molecular formula is C15H17NO2S2. The number of aromatic nitrogens is 1. The zero-order valence-corrected chi connectivity index (χ0v) is 13.6. The molecule has 0 spiro atoms. The monoisotopic (exact) mass is 307 g/mol. The van der Waals surface area contributed by atoms with Crippen LogP contribution in [-0.2, 0) is 11.8 Å². The number of thiophene rings is 1. The molecule has 0 saturated heterocycles. The summed E-state index contributed by atoms with van der Waals surface area (Å²) in [6.07, 6.45) is 3.43. The molecule has 3 nitrogen and oxygen atoms in total. The first-order chi connectivity index (χ1) is 9.29. The third-order valence-corrected chi connectivity index (χ3v) is 4.71. The number of thiazole rings is 1. The lowest BCUT2D eigenvalue weighted by Crippen LogP contribution is -2.29. The molecule has 0 saturated carbocycles. The summed E-state index contributed by atoms with van der Waals surface area (Å²) in [6.45, 7) is 5.61. The van der Waals surface area contributed by atoms with Gasteiger partial charge in [0, 0.05) is 18.5 Å². The highest BCUT2D eigenvalue weighted by molar-refractivity contribution is 7.08. The molecule has 0 unspecified atom stereocenters. The molecule has 2 heterocycles. The van der Waals surface area contributed by atoms with Gasteiger partial charge < -0.3 is 4.57 Å². The van der Waals surface area contributed by atoms with E-state index in [2.05, 4.69) is 0 Å². The second-order valence-corrected chi connectivity index (χ2v) is 7.47. The number of hydrogen-bond donors (Lipinski definition) is 0. The van der Waals surface area contributed by atoms with Crippen LogP contribution in [0.25, 0.3) is 12.2 Å². The van der Waals surface area contributed by atoms with E-state index in [-0.39, 0.29) is 11.3 Å². The van der Waals surface area contributed by atoms with Crippen LogP contribution >= 0.6 is 22.7 Å². The Morgan fingerprint density at radius 1 is 1.35 bits per heavy atom. The summed E-state index contributed by atoms with van der Waals surface area (Å²) >= 11 is 2.94. The van der Waals surface area contributed by atoms with Gasteiger partial charge in [0.05, 0.1) is 4.53 Å². The smallest absolute Gasteiger partial charge is 0.268 e. The molecule has 0 aliphatic heterocycles. The summed E-state index contributed by atoms with van der Waals surface area (Å²) in [5, 5.41) is 3.96. The lowest BCUT2D eigenvalue weighted by atomic mass is 9.91. The molecule has 0 atom stereocenters. The highest BCUT2D eigenvalue weighted by Gasteiger charge is 2.19. The zero-order chi connectivity index (χ0) is 14.9. The van der Waals surface area contributed by atoms with Crippen molar-refractivity contribution < 1.29 is 4.79 Å². The summed E-state index contributed by atoms with van der Waals surface area (Å²) in [5.41, 5.74) is 0.522. The summed E-state index contributed by atoms with van der Waals surface area (Å²) in [4.78, 5) is 24.2. The zero-order valence-electron chi connectivity index (χ0n) is 12.0. The van der Waals surface area contributed by atoms with Gasteiger partial charge in [-0.15, -0.1) is 11.3 Å². The summed E-state index contributed by atoms with van der Waals surface area (Å²) < 4.78 is 2.88. The van der Waals surface area contributed by atoms with Crippen LogP contribution in [0, 0.1) is 5.41 Å². The minimum Gasteiger partial charge on any atom is -0.302 e. The standard InChI is InChI=1S/C15H17NO2S2/c1-15(2,3)12(17)8-13-16(4)14(18)11(20-13)7-10-5-6-19-9-10/h5-9H,1-4H3/b11-7+,13-8-. The molecule has 0 fully saturated rings. The second-order valence-electron chi connectivity index (χ2n) is 5.63. The molecule has 0 N–H and O–H groups in total. The number of carbonyl (C=O) groups excluding carboxylic acids is 1. The van der Waals surface area contributed by atoms with Crippen LogP contribution in [0.4, 0.5) is 0 Å². The van der Waals surface area contributed by atoms with Crippen LogP contribution < -0.4 is 14.8 Å². The third kappa shape index (κ3) is 3.16. The summed E-state index contributed by atoms with van der Waals surface area (Å²) in [7, 11) is 1.70. The number of Topliss-reactive ketones (excluding diaryl/α,β-unsaturated/α-hetero) is 1. The number of carbonyl (C=O) groups is 1. The van der Waals surface area contributed by atoms with Gasteiger partial charge in [0.1, 0.15) is 4.66 Å². The largest absolute Gasteiger partial charge is 0.302 e. The molecule has 0 aliphatic rings. The Kier molecular flexibility index (Phi) is 4.11. The van der Waals surface area contributed by atoms with E-state index in [0.29, 0.717) is 9.20 Å². The molecule has 2 rings (SSSR count). The minimum absolute atomic E-state index is 0.0245. The van der Waals surface area contributed by atoms with Crippen molar-refractivity contribution in [3.05, 3.63) is 41.9 Å². The maximum absolute atomic E-state index is 12.2. The van der Waals surface area contributed by atoms with Crippen LogP contribution in [0.2, 0.25) is 0 Å². The van der Waals surface area contributed by atoms with Crippen molar-refractivity contribution in [1.29, 1.82) is 0 Å². The molecule has 2 aromatic rings. The van der Waals surface area contributed by atoms with Gasteiger partial charge in [-0.3, -0.25) is 9.59 Å². The highest BCUT2D eigenvalue weighted by Crippen LogP contribution is 2.14. The van der Waals surface area contributed by atoms with Crippen molar-refractivity contribution in [3.8, 4) is 0 Å². The Morgan fingerprint density at radius 2 is 2.05 bits per heavy atom. The molecular weight excluding hydrogens is 290 g/mol. The normalized spacial score (nSPS) is 14.0. The van der Waals surface area contributed by atoms with Gasteiger partial charge in [-0.2, -0.15) is 11.3 Å². The number of nitrogens with zero attached hydrogens (tertiary/aromatic N) is 1. The van der Waals surface area contributed by atoms with Gasteiger partial charge in [0.25, 0.3) is 5.56 Å². The lowest BCUT2D eigenvalue weighted by Gasteiger charge is -2.12. The van der Waals surface area contributed by atoms with Crippen LogP contribution in [0.3, 0.4) is 0 Å². The van der Waals surface area contributed by atoms with Crippen molar-refractivity contribution >= 4 is 40.6 Å². The Bertz CT molecular complexity index is 787. The van der Waals surface area contributed by atoms with Crippen molar-refractivity contribution in [2.45, 2.75) is 20.8 Å². The van der Waals surface area contributed by atoms with Crippen LogP contribution in [0.15, 0.2) is 21.6 Å². The Hall–Kier alpha value is -1.46. The number of rotatable bonds is 2. The van der Waals surface area contributed by atoms with Gasteiger partial charge in [-0.05, 0) is 28.5 Å². The maximum Gasteiger partial charge on any atom is 0.268 e. The van der Waals surface area contributed by atoms with Gasteiger partial charge in [-0.25, -0.2) is 0 Å². The minimum atomic E-state index is -0.433. The quantitative estimate of drug-likeness (QED) is 0.847. The van der Waals surface area contributed by atoms with Gasteiger partial charge in [0.15, 0.2) is 5.78 Å². The van der Waals surface area contributed by atoms with E-state index in [4.69, 9.17) is 0 Å². The van der Waals surface area contributed by atoms with E-state index in [9.17, 15) is 9.59 Å². The Labute approximate surface area is 125 Å². The van der Waals surface area contributed by atoms with Crippen molar-refractivity contribution in [2.75, 3.05) is 0 Å². The molecule has 5 heteroatoms. The maximum atomic E-state index is 12.2. The first-order valence-corrected chi connectivity index (χ1v) is 8.01. The van der Waals surface area contributed by atoms with E-state index < -0.39 is 5.41 Å². The summed E-state index contributed by atoms with van der Waals surface area (Å²) in [6, 6.07) is 1.97. The molecule has 0 aliphatic carbocycles. The van der Waals surface area contributed by atoms with Gasteiger partial charge >= 0.3 is 0 Å². The van der Waals surface area contributed by atoms with Gasteiger partial charge in [0.2, 0.25) is 0 Å². The Morgan fingerprint density at radius 3 is 2.60 bits per heavy atom. The fourth-order valence-corrected chi connectivity index (χ4v) is 3.19. The van der Waals surface area contributed by atoms with E-state index in [1.807, 2.05) is 43.7 Å². The van der Waals surface area contributed by atoms with E-state index in [1.54, 1.807) is 24.5 Å². The van der Waals surface area contributed by atoms with Crippen LogP contribution in [0.1, 0.15) is 26.3 Å². The SMILES string of the molecule is Cn1c(=O)/c(=C\c2ccsc2)s/c1=C\C(=O)C(C)(C)C. The highest BCUT2D eigenvalue weighted by atomic mass is 32.1. The predicted molar refractivity (Wildman–Crippen MR) is 85.6 cm³/mol. The molecule has 0 radical (unpaired) electrons.